The van der Waals surface area contributed by atoms with Crippen LogP contribution in [0.3, 0.4) is 0 Å². The van der Waals surface area contributed by atoms with Crippen LogP contribution >= 0.6 is 23.2 Å². The van der Waals surface area contributed by atoms with Crippen LogP contribution in [-0.2, 0) is 4.79 Å². The fraction of sp³-hybridized carbons (Fsp3) is 0.296. The van der Waals surface area contributed by atoms with E-state index in [4.69, 9.17) is 23.2 Å². The summed E-state index contributed by atoms with van der Waals surface area (Å²) < 4.78 is 28.0. The van der Waals surface area contributed by atoms with Crippen molar-refractivity contribution in [1.82, 2.24) is 10.2 Å². The standard InChI is InChI=1S/C27H26Cl2F2N2O/c1-16(2)32-27(34)25(19-11-23(30)13-24(31)12-19)20-14-33(15-20)26(17-3-7-21(28)8-4-17)18-5-9-22(29)10-6-18/h3-13,16,20,25-26H,14-15H2,1-2H3,(H,32,34)/t25-/m1/s1. The second kappa shape index (κ2) is 10.4. The van der Waals surface area contributed by atoms with Crippen LogP contribution in [0.5, 0.6) is 0 Å². The van der Waals surface area contributed by atoms with Crippen molar-refractivity contribution in [2.24, 2.45) is 5.92 Å². The van der Waals surface area contributed by atoms with E-state index in [1.807, 2.05) is 62.4 Å². The number of rotatable bonds is 7. The average molecular weight is 503 g/mol. The summed E-state index contributed by atoms with van der Waals surface area (Å²) in [6.45, 7) is 4.91. The summed E-state index contributed by atoms with van der Waals surface area (Å²) in [5.74, 6) is -2.34. The van der Waals surface area contributed by atoms with E-state index >= 15 is 0 Å². The largest absolute Gasteiger partial charge is 0.353 e. The normalized spacial score (nSPS) is 15.4. The van der Waals surface area contributed by atoms with Gasteiger partial charge in [-0.3, -0.25) is 9.69 Å². The third-order valence-electron chi connectivity index (χ3n) is 6.10. The molecule has 1 aliphatic rings. The van der Waals surface area contributed by atoms with Crippen molar-refractivity contribution in [3.05, 3.63) is 105 Å². The van der Waals surface area contributed by atoms with Crippen molar-refractivity contribution in [2.75, 3.05) is 13.1 Å². The number of benzene rings is 3. The molecule has 0 spiro atoms. The number of amides is 1. The lowest BCUT2D eigenvalue weighted by molar-refractivity contribution is -0.126. The van der Waals surface area contributed by atoms with Crippen molar-refractivity contribution in [3.63, 3.8) is 0 Å². The fourth-order valence-corrected chi connectivity index (χ4v) is 4.89. The molecule has 178 valence electrons. The quantitative estimate of drug-likeness (QED) is 0.394. The molecule has 3 nitrogen and oxygen atoms in total. The van der Waals surface area contributed by atoms with Crippen molar-refractivity contribution < 1.29 is 13.6 Å². The minimum Gasteiger partial charge on any atom is -0.353 e. The molecular formula is C27H26Cl2F2N2O. The molecule has 4 rings (SSSR count). The minimum absolute atomic E-state index is 0.0659. The highest BCUT2D eigenvalue weighted by Gasteiger charge is 2.42. The van der Waals surface area contributed by atoms with Gasteiger partial charge in [-0.15, -0.1) is 0 Å². The molecule has 0 bridgehead atoms. The van der Waals surface area contributed by atoms with Gasteiger partial charge in [-0.25, -0.2) is 8.78 Å². The molecule has 1 saturated heterocycles. The number of nitrogens with zero attached hydrogens (tertiary/aromatic N) is 1. The highest BCUT2D eigenvalue weighted by molar-refractivity contribution is 6.30. The molecule has 1 heterocycles. The first-order chi connectivity index (χ1) is 16.2. The highest BCUT2D eigenvalue weighted by atomic mass is 35.5. The summed E-state index contributed by atoms with van der Waals surface area (Å²) in [4.78, 5) is 15.4. The zero-order valence-electron chi connectivity index (χ0n) is 18.9. The number of carbonyl (C=O) groups is 1. The van der Waals surface area contributed by atoms with Crippen molar-refractivity contribution >= 4 is 29.1 Å². The smallest absolute Gasteiger partial charge is 0.228 e. The summed E-state index contributed by atoms with van der Waals surface area (Å²) in [5.41, 5.74) is 2.48. The zero-order valence-corrected chi connectivity index (χ0v) is 20.5. The average Bonchev–Trinajstić information content (AvgIpc) is 2.73. The number of likely N-dealkylation sites (tertiary alicyclic amines) is 1. The number of hydrogen-bond acceptors (Lipinski definition) is 2. The molecule has 1 aliphatic heterocycles. The summed E-state index contributed by atoms with van der Waals surface area (Å²) in [5, 5.41) is 4.22. The van der Waals surface area contributed by atoms with E-state index in [0.717, 1.165) is 17.2 Å². The van der Waals surface area contributed by atoms with Crippen molar-refractivity contribution in [1.29, 1.82) is 0 Å². The summed E-state index contributed by atoms with van der Waals surface area (Å²) in [6, 6.07) is 18.5. The third kappa shape index (κ3) is 5.60. The van der Waals surface area contributed by atoms with Gasteiger partial charge in [0.25, 0.3) is 0 Å². The molecule has 0 aliphatic carbocycles. The maximum absolute atomic E-state index is 14.0. The molecule has 0 saturated carbocycles. The van der Waals surface area contributed by atoms with Crippen LogP contribution in [0.1, 0.15) is 42.5 Å². The van der Waals surface area contributed by atoms with Gasteiger partial charge in [-0.2, -0.15) is 0 Å². The Bertz CT molecular complexity index is 1080. The van der Waals surface area contributed by atoms with E-state index in [9.17, 15) is 13.6 Å². The van der Waals surface area contributed by atoms with Crippen molar-refractivity contribution in [2.45, 2.75) is 31.8 Å². The van der Waals surface area contributed by atoms with Crippen LogP contribution in [0.4, 0.5) is 8.78 Å². The summed E-state index contributed by atoms with van der Waals surface area (Å²) >= 11 is 12.2. The van der Waals surface area contributed by atoms with Gasteiger partial charge in [0, 0.05) is 41.2 Å². The maximum atomic E-state index is 14.0. The highest BCUT2D eigenvalue weighted by Crippen LogP contribution is 2.40. The van der Waals surface area contributed by atoms with Crippen LogP contribution in [0.15, 0.2) is 66.7 Å². The molecule has 0 unspecified atom stereocenters. The Morgan fingerprint density at radius 1 is 0.853 bits per heavy atom. The van der Waals surface area contributed by atoms with Gasteiger partial charge >= 0.3 is 0 Å². The predicted octanol–water partition coefficient (Wildman–Crippen LogP) is 6.60. The summed E-state index contributed by atoms with van der Waals surface area (Å²) in [6.07, 6.45) is 0. The van der Waals surface area contributed by atoms with Crippen LogP contribution in [-0.4, -0.2) is 29.9 Å². The lowest BCUT2D eigenvalue weighted by Gasteiger charge is -2.47. The molecule has 34 heavy (non-hydrogen) atoms. The van der Waals surface area contributed by atoms with Gasteiger partial charge in [-0.05, 0) is 66.9 Å². The Morgan fingerprint density at radius 3 is 1.76 bits per heavy atom. The minimum atomic E-state index is -0.686. The second-order valence-corrected chi connectivity index (χ2v) is 9.94. The van der Waals surface area contributed by atoms with Crippen LogP contribution in [0.25, 0.3) is 0 Å². The van der Waals surface area contributed by atoms with E-state index in [-0.39, 0.29) is 23.9 Å². The molecule has 0 aromatic heterocycles. The second-order valence-electron chi connectivity index (χ2n) is 9.06. The van der Waals surface area contributed by atoms with Gasteiger partial charge in [0.1, 0.15) is 11.6 Å². The molecule has 1 fully saturated rings. The van der Waals surface area contributed by atoms with E-state index < -0.39 is 17.6 Å². The van der Waals surface area contributed by atoms with Gasteiger partial charge in [0.05, 0.1) is 12.0 Å². The molecule has 3 aromatic rings. The van der Waals surface area contributed by atoms with Gasteiger partial charge in [0.15, 0.2) is 0 Å². The molecular weight excluding hydrogens is 477 g/mol. The maximum Gasteiger partial charge on any atom is 0.228 e. The monoisotopic (exact) mass is 502 g/mol. The van der Waals surface area contributed by atoms with E-state index in [1.165, 1.54) is 12.1 Å². The number of halogens is 4. The molecule has 0 radical (unpaired) electrons. The Labute approximate surface area is 208 Å². The third-order valence-corrected chi connectivity index (χ3v) is 6.61. The van der Waals surface area contributed by atoms with Gasteiger partial charge in [0.2, 0.25) is 5.91 Å². The van der Waals surface area contributed by atoms with Crippen molar-refractivity contribution in [3.8, 4) is 0 Å². The molecule has 1 atom stereocenters. The fourth-order valence-electron chi connectivity index (χ4n) is 4.64. The molecule has 3 aromatic carbocycles. The van der Waals surface area contributed by atoms with Crippen LogP contribution in [0.2, 0.25) is 10.0 Å². The van der Waals surface area contributed by atoms with Crippen LogP contribution < -0.4 is 5.32 Å². The first-order valence-electron chi connectivity index (χ1n) is 11.2. The van der Waals surface area contributed by atoms with Gasteiger partial charge in [-0.1, -0.05) is 47.5 Å². The van der Waals surface area contributed by atoms with Gasteiger partial charge < -0.3 is 5.32 Å². The van der Waals surface area contributed by atoms with E-state index in [2.05, 4.69) is 10.2 Å². The molecule has 1 N–H and O–H groups in total. The number of nitrogens with one attached hydrogen (secondary N) is 1. The SMILES string of the molecule is CC(C)NC(=O)[C@H](c1cc(F)cc(F)c1)C1CN(C(c2ccc(Cl)cc2)c2ccc(Cl)cc2)C1. The Balaban J connectivity index is 1.63. The Kier molecular flexibility index (Phi) is 7.56. The molecule has 7 heteroatoms. The topological polar surface area (TPSA) is 32.3 Å². The Hall–Kier alpha value is -2.47. The number of carbonyl (C=O) groups excluding carboxylic acids is 1. The molecule has 1 amide bonds. The lowest BCUT2D eigenvalue weighted by Crippen LogP contribution is -2.54. The predicted molar refractivity (Wildman–Crippen MR) is 132 cm³/mol. The lowest BCUT2D eigenvalue weighted by atomic mass is 9.78. The van der Waals surface area contributed by atoms with E-state index in [1.54, 1.807) is 0 Å². The van der Waals surface area contributed by atoms with Crippen LogP contribution in [0, 0.1) is 17.6 Å². The first kappa shape index (κ1) is 24.6. The number of hydrogen-bond donors (Lipinski definition) is 1. The first-order valence-corrected chi connectivity index (χ1v) is 12.0. The zero-order chi connectivity index (χ0) is 24.4. The summed E-state index contributed by atoms with van der Waals surface area (Å²) in [7, 11) is 0. The van der Waals surface area contributed by atoms with E-state index in [0.29, 0.717) is 28.7 Å². The Morgan fingerprint density at radius 2 is 1.32 bits per heavy atom.